The molecule has 0 saturated heterocycles. The van der Waals surface area contributed by atoms with Crippen LogP contribution in [-0.2, 0) is 6.61 Å². The molecule has 32 heavy (non-hydrogen) atoms. The highest BCUT2D eigenvalue weighted by molar-refractivity contribution is 6.03. The summed E-state index contributed by atoms with van der Waals surface area (Å²) in [6.45, 7) is 2.37. The molecule has 4 heterocycles. The van der Waals surface area contributed by atoms with Gasteiger partial charge in [-0.3, -0.25) is 4.79 Å². The molecular weight excluding hydrogens is 420 g/mol. The van der Waals surface area contributed by atoms with Crippen molar-refractivity contribution in [2.24, 2.45) is 0 Å². The first-order chi connectivity index (χ1) is 15.5. The second kappa shape index (κ2) is 9.38. The first-order valence-corrected chi connectivity index (χ1v) is 9.78. The van der Waals surface area contributed by atoms with Crippen LogP contribution in [0, 0.1) is 0 Å². The van der Waals surface area contributed by atoms with Crippen LogP contribution in [0.3, 0.4) is 0 Å². The number of pyridine rings is 3. The Bertz CT molecular complexity index is 1230. The fourth-order valence-corrected chi connectivity index (χ4v) is 2.97. The van der Waals surface area contributed by atoms with Gasteiger partial charge in [0.25, 0.3) is 12.3 Å². The standard InChI is InChI=1S/C22H19F2N5O3/c1-2-31-18-10-19-26-14(13-32-20-8-3-4-9-25-20)11-29(19)12-17(18)28-22(30)16-7-5-6-15(27-16)21(23)24/h3-12,21H,2,13H2,1H3,(H,28,30). The lowest BCUT2D eigenvalue weighted by Gasteiger charge is -2.12. The van der Waals surface area contributed by atoms with E-state index in [1.807, 2.05) is 6.07 Å². The molecule has 164 valence electrons. The maximum absolute atomic E-state index is 12.9. The van der Waals surface area contributed by atoms with Crippen molar-refractivity contribution in [1.29, 1.82) is 0 Å². The minimum atomic E-state index is -2.77. The van der Waals surface area contributed by atoms with Gasteiger partial charge in [-0.25, -0.2) is 23.7 Å². The molecule has 0 bridgehead atoms. The second-order valence-electron chi connectivity index (χ2n) is 6.64. The Morgan fingerprint density at radius 3 is 2.75 bits per heavy atom. The van der Waals surface area contributed by atoms with E-state index >= 15 is 0 Å². The smallest absolute Gasteiger partial charge is 0.280 e. The summed E-state index contributed by atoms with van der Waals surface area (Å²) >= 11 is 0. The van der Waals surface area contributed by atoms with Gasteiger partial charge in [0.1, 0.15) is 35.1 Å². The van der Waals surface area contributed by atoms with Crippen molar-refractivity contribution in [3.05, 3.63) is 78.1 Å². The largest absolute Gasteiger partial charge is 0.491 e. The molecular formula is C22H19F2N5O3. The van der Waals surface area contributed by atoms with E-state index in [9.17, 15) is 13.6 Å². The maximum atomic E-state index is 12.9. The van der Waals surface area contributed by atoms with E-state index in [0.717, 1.165) is 0 Å². The first-order valence-electron chi connectivity index (χ1n) is 9.78. The molecule has 0 unspecified atom stereocenters. The van der Waals surface area contributed by atoms with Gasteiger partial charge in [-0.2, -0.15) is 0 Å². The number of amides is 1. The third-order valence-electron chi connectivity index (χ3n) is 4.39. The summed E-state index contributed by atoms with van der Waals surface area (Å²) in [5.41, 5.74) is 0.991. The molecule has 1 N–H and O–H groups in total. The summed E-state index contributed by atoms with van der Waals surface area (Å²) in [6.07, 6.45) is 2.25. The van der Waals surface area contributed by atoms with Crippen molar-refractivity contribution >= 4 is 17.2 Å². The van der Waals surface area contributed by atoms with Gasteiger partial charge >= 0.3 is 0 Å². The number of imidazole rings is 1. The number of hydrogen-bond acceptors (Lipinski definition) is 6. The molecule has 0 aliphatic rings. The van der Waals surface area contributed by atoms with Gasteiger partial charge in [0.05, 0.1) is 12.3 Å². The van der Waals surface area contributed by atoms with E-state index in [2.05, 4.69) is 20.3 Å². The number of nitrogens with zero attached hydrogens (tertiary/aromatic N) is 4. The molecule has 8 nitrogen and oxygen atoms in total. The first kappa shape index (κ1) is 21.2. The van der Waals surface area contributed by atoms with Gasteiger partial charge in [-0.05, 0) is 25.1 Å². The van der Waals surface area contributed by atoms with Crippen molar-refractivity contribution in [2.75, 3.05) is 11.9 Å². The Balaban J connectivity index is 1.58. The molecule has 0 spiro atoms. The van der Waals surface area contributed by atoms with Crippen molar-refractivity contribution in [3.63, 3.8) is 0 Å². The zero-order chi connectivity index (χ0) is 22.5. The molecule has 0 aromatic carbocycles. The topological polar surface area (TPSA) is 90.6 Å². The van der Waals surface area contributed by atoms with E-state index in [0.29, 0.717) is 35.3 Å². The number of anilines is 1. The quantitative estimate of drug-likeness (QED) is 0.440. The van der Waals surface area contributed by atoms with Crippen LogP contribution in [0.2, 0.25) is 0 Å². The summed E-state index contributed by atoms with van der Waals surface area (Å²) in [4.78, 5) is 24.9. The third-order valence-corrected chi connectivity index (χ3v) is 4.39. The number of nitrogens with one attached hydrogen (secondary N) is 1. The highest BCUT2D eigenvalue weighted by atomic mass is 19.3. The molecule has 4 aromatic heterocycles. The van der Waals surface area contributed by atoms with Crippen LogP contribution >= 0.6 is 0 Å². The van der Waals surface area contributed by atoms with E-state index in [4.69, 9.17) is 9.47 Å². The Morgan fingerprint density at radius 2 is 2.00 bits per heavy atom. The number of carbonyl (C=O) groups excluding carboxylic acids is 1. The summed E-state index contributed by atoms with van der Waals surface area (Å²) in [5, 5.41) is 2.68. The summed E-state index contributed by atoms with van der Waals surface area (Å²) in [7, 11) is 0. The molecule has 0 atom stereocenters. The predicted octanol–water partition coefficient (Wildman–Crippen LogP) is 4.29. The second-order valence-corrected chi connectivity index (χ2v) is 6.64. The molecule has 0 aliphatic heterocycles. The van der Waals surface area contributed by atoms with Crippen LogP contribution in [-0.4, -0.2) is 31.9 Å². The molecule has 4 aromatic rings. The normalized spacial score (nSPS) is 11.0. The van der Waals surface area contributed by atoms with E-state index in [-0.39, 0.29) is 12.3 Å². The Kier molecular flexibility index (Phi) is 6.20. The molecule has 0 aliphatic carbocycles. The Hall–Kier alpha value is -4.08. The highest BCUT2D eigenvalue weighted by Gasteiger charge is 2.16. The maximum Gasteiger partial charge on any atom is 0.280 e. The monoisotopic (exact) mass is 439 g/mol. The van der Waals surface area contributed by atoms with Gasteiger partial charge in [-0.1, -0.05) is 12.1 Å². The third kappa shape index (κ3) is 4.80. The van der Waals surface area contributed by atoms with E-state index in [1.165, 1.54) is 18.2 Å². The summed E-state index contributed by atoms with van der Waals surface area (Å²) in [6, 6.07) is 10.9. The van der Waals surface area contributed by atoms with Gasteiger partial charge in [0.15, 0.2) is 0 Å². The number of carbonyl (C=O) groups is 1. The Labute approximate surface area is 181 Å². The van der Waals surface area contributed by atoms with Crippen LogP contribution in [0.25, 0.3) is 5.65 Å². The van der Waals surface area contributed by atoms with E-state index in [1.54, 1.807) is 48.1 Å². The highest BCUT2D eigenvalue weighted by Crippen LogP contribution is 2.27. The zero-order valence-electron chi connectivity index (χ0n) is 17.0. The number of aromatic nitrogens is 4. The number of halogens is 2. The fraction of sp³-hybridized carbons (Fsp3) is 0.182. The van der Waals surface area contributed by atoms with Gasteiger partial charge in [-0.15, -0.1) is 0 Å². The van der Waals surface area contributed by atoms with Gasteiger partial charge in [0, 0.05) is 30.7 Å². The number of hydrogen-bond donors (Lipinski definition) is 1. The van der Waals surface area contributed by atoms with Crippen molar-refractivity contribution < 1.29 is 23.0 Å². The van der Waals surface area contributed by atoms with Crippen LogP contribution in [0.5, 0.6) is 11.6 Å². The van der Waals surface area contributed by atoms with Crippen LogP contribution in [0.15, 0.2) is 61.1 Å². The van der Waals surface area contributed by atoms with Crippen LogP contribution in [0.1, 0.15) is 35.2 Å². The molecule has 0 saturated carbocycles. The van der Waals surface area contributed by atoms with E-state index < -0.39 is 18.0 Å². The lowest BCUT2D eigenvalue weighted by molar-refractivity contribution is 0.101. The van der Waals surface area contributed by atoms with Crippen molar-refractivity contribution in [3.8, 4) is 11.6 Å². The van der Waals surface area contributed by atoms with Gasteiger partial charge < -0.3 is 19.2 Å². The fourth-order valence-electron chi connectivity index (χ4n) is 2.97. The minimum absolute atomic E-state index is 0.125. The summed E-state index contributed by atoms with van der Waals surface area (Å²) in [5.74, 6) is 0.235. The Morgan fingerprint density at radius 1 is 1.12 bits per heavy atom. The van der Waals surface area contributed by atoms with Crippen LogP contribution in [0.4, 0.5) is 14.5 Å². The number of alkyl halides is 2. The number of fused-ring (bicyclic) bond motifs is 1. The lowest BCUT2D eigenvalue weighted by Crippen LogP contribution is -2.16. The molecule has 1 amide bonds. The lowest BCUT2D eigenvalue weighted by atomic mass is 10.2. The average molecular weight is 439 g/mol. The zero-order valence-corrected chi connectivity index (χ0v) is 17.0. The summed E-state index contributed by atoms with van der Waals surface area (Å²) < 4.78 is 38.8. The van der Waals surface area contributed by atoms with Crippen molar-refractivity contribution in [1.82, 2.24) is 19.4 Å². The van der Waals surface area contributed by atoms with Gasteiger partial charge in [0.2, 0.25) is 5.88 Å². The van der Waals surface area contributed by atoms with Crippen LogP contribution < -0.4 is 14.8 Å². The molecule has 0 radical (unpaired) electrons. The van der Waals surface area contributed by atoms with Crippen molar-refractivity contribution in [2.45, 2.75) is 20.0 Å². The molecule has 4 rings (SSSR count). The number of rotatable bonds is 8. The minimum Gasteiger partial charge on any atom is -0.491 e. The number of ether oxygens (including phenoxy) is 2. The average Bonchev–Trinajstić information content (AvgIpc) is 3.20. The molecule has 0 fully saturated rings. The predicted molar refractivity (Wildman–Crippen MR) is 112 cm³/mol. The SMILES string of the molecule is CCOc1cc2nc(COc3ccccn3)cn2cc1NC(=O)c1cccc(C(F)F)n1. The molecule has 10 heteroatoms.